The van der Waals surface area contributed by atoms with Gasteiger partial charge >= 0.3 is 0 Å². The summed E-state index contributed by atoms with van der Waals surface area (Å²) in [6, 6.07) is 16.5. The molecule has 4 nitrogen and oxygen atoms in total. The lowest BCUT2D eigenvalue weighted by molar-refractivity contribution is -0.117. The van der Waals surface area contributed by atoms with Crippen LogP contribution in [0.3, 0.4) is 0 Å². The number of hydrogen-bond acceptors (Lipinski definition) is 2. The summed E-state index contributed by atoms with van der Waals surface area (Å²) in [5.74, 6) is 1.41. The molecular formula is C23H27N3O. The number of fused-ring (bicyclic) bond motifs is 1. The van der Waals surface area contributed by atoms with Crippen LogP contribution >= 0.6 is 0 Å². The van der Waals surface area contributed by atoms with E-state index in [0.717, 1.165) is 35.6 Å². The second-order valence-electron chi connectivity index (χ2n) is 7.51. The van der Waals surface area contributed by atoms with Gasteiger partial charge in [-0.25, -0.2) is 4.98 Å². The Labute approximate surface area is 160 Å². The molecule has 1 amide bonds. The quantitative estimate of drug-likeness (QED) is 0.576. The summed E-state index contributed by atoms with van der Waals surface area (Å²) in [6.07, 6.45) is 4.09. The third kappa shape index (κ3) is 3.36. The normalized spacial score (nSPS) is 17.2. The van der Waals surface area contributed by atoms with E-state index >= 15 is 0 Å². The van der Waals surface area contributed by atoms with Crippen molar-refractivity contribution in [3.8, 4) is 0 Å². The number of imidazole rings is 1. The van der Waals surface area contributed by atoms with Crippen molar-refractivity contribution < 1.29 is 4.79 Å². The van der Waals surface area contributed by atoms with Crippen LogP contribution in [0.15, 0.2) is 48.5 Å². The highest BCUT2D eigenvalue weighted by atomic mass is 16.2. The predicted molar refractivity (Wildman–Crippen MR) is 110 cm³/mol. The van der Waals surface area contributed by atoms with Gasteiger partial charge in [-0.15, -0.1) is 0 Å². The largest absolute Gasteiger partial charge is 0.328 e. The lowest BCUT2D eigenvalue weighted by atomic mass is 10.1. The number of carbonyl (C=O) groups excluding carboxylic acids is 1. The molecule has 2 aromatic carbocycles. The number of benzene rings is 2. The molecule has 1 saturated heterocycles. The number of para-hydroxylation sites is 3. The van der Waals surface area contributed by atoms with Crippen LogP contribution in [0.2, 0.25) is 0 Å². The molecule has 3 aromatic rings. The molecule has 0 N–H and O–H groups in total. The minimum Gasteiger partial charge on any atom is -0.328 e. The van der Waals surface area contributed by atoms with Crippen molar-refractivity contribution >= 4 is 22.6 Å². The van der Waals surface area contributed by atoms with E-state index in [0.29, 0.717) is 13.0 Å². The number of anilines is 1. The fourth-order valence-corrected chi connectivity index (χ4v) is 4.14. The van der Waals surface area contributed by atoms with Crippen molar-refractivity contribution in [1.29, 1.82) is 0 Å². The highest BCUT2D eigenvalue weighted by Gasteiger charge is 2.35. The Morgan fingerprint density at radius 3 is 2.67 bits per heavy atom. The van der Waals surface area contributed by atoms with Crippen LogP contribution in [-0.4, -0.2) is 22.0 Å². The lowest BCUT2D eigenvalue weighted by Crippen LogP contribution is -2.25. The molecule has 0 aliphatic carbocycles. The maximum atomic E-state index is 12.8. The first kappa shape index (κ1) is 17.8. The SMILES string of the molecule is CCCCCn1c(C2CC(=O)N(c3ccccc3C)C2)nc2ccccc21. The molecule has 1 aromatic heterocycles. The number of aryl methyl sites for hydroxylation is 2. The van der Waals surface area contributed by atoms with Crippen LogP contribution in [-0.2, 0) is 11.3 Å². The van der Waals surface area contributed by atoms with Gasteiger partial charge in [-0.1, -0.05) is 50.1 Å². The highest BCUT2D eigenvalue weighted by Crippen LogP contribution is 2.34. The van der Waals surface area contributed by atoms with E-state index in [1.54, 1.807) is 0 Å². The summed E-state index contributed by atoms with van der Waals surface area (Å²) in [6.45, 7) is 5.97. The molecule has 1 aliphatic heterocycles. The van der Waals surface area contributed by atoms with E-state index < -0.39 is 0 Å². The third-order valence-corrected chi connectivity index (χ3v) is 5.57. The van der Waals surface area contributed by atoms with Crippen LogP contribution in [0, 0.1) is 6.92 Å². The third-order valence-electron chi connectivity index (χ3n) is 5.57. The van der Waals surface area contributed by atoms with Crippen LogP contribution in [0.4, 0.5) is 5.69 Å². The minimum absolute atomic E-state index is 0.145. The van der Waals surface area contributed by atoms with Crippen molar-refractivity contribution in [2.24, 2.45) is 0 Å². The molecule has 1 fully saturated rings. The van der Waals surface area contributed by atoms with E-state index in [1.807, 2.05) is 29.2 Å². The summed E-state index contributed by atoms with van der Waals surface area (Å²) < 4.78 is 2.35. The van der Waals surface area contributed by atoms with E-state index in [1.165, 1.54) is 18.4 Å². The Kier molecular flexibility index (Phi) is 4.97. The molecule has 0 radical (unpaired) electrons. The first-order chi connectivity index (χ1) is 13.2. The number of amides is 1. The number of rotatable bonds is 6. The molecule has 0 spiro atoms. The van der Waals surface area contributed by atoms with Crippen LogP contribution in [0.1, 0.15) is 49.9 Å². The Hall–Kier alpha value is -2.62. The van der Waals surface area contributed by atoms with Crippen molar-refractivity contribution in [1.82, 2.24) is 9.55 Å². The maximum Gasteiger partial charge on any atom is 0.227 e. The van der Waals surface area contributed by atoms with Crippen LogP contribution in [0.5, 0.6) is 0 Å². The van der Waals surface area contributed by atoms with Gasteiger partial charge in [-0.3, -0.25) is 4.79 Å². The van der Waals surface area contributed by atoms with Gasteiger partial charge in [0.15, 0.2) is 0 Å². The van der Waals surface area contributed by atoms with Crippen molar-refractivity contribution in [2.45, 2.75) is 52.0 Å². The van der Waals surface area contributed by atoms with Crippen LogP contribution in [0.25, 0.3) is 11.0 Å². The Morgan fingerprint density at radius 2 is 1.85 bits per heavy atom. The number of unbranched alkanes of at least 4 members (excludes halogenated alkanes) is 2. The van der Waals surface area contributed by atoms with Gasteiger partial charge in [0.1, 0.15) is 5.82 Å². The van der Waals surface area contributed by atoms with E-state index in [-0.39, 0.29) is 11.8 Å². The van der Waals surface area contributed by atoms with Gasteiger partial charge in [0.05, 0.1) is 11.0 Å². The van der Waals surface area contributed by atoms with E-state index in [2.05, 4.69) is 42.7 Å². The van der Waals surface area contributed by atoms with Gasteiger partial charge in [0.25, 0.3) is 0 Å². The van der Waals surface area contributed by atoms with Gasteiger partial charge in [0, 0.05) is 31.1 Å². The summed E-state index contributed by atoms with van der Waals surface area (Å²) in [5.41, 5.74) is 4.39. The molecule has 140 valence electrons. The molecule has 2 heterocycles. The smallest absolute Gasteiger partial charge is 0.227 e. The van der Waals surface area contributed by atoms with Crippen molar-refractivity contribution in [3.05, 3.63) is 59.9 Å². The molecule has 1 atom stereocenters. The molecule has 27 heavy (non-hydrogen) atoms. The molecule has 1 aliphatic rings. The highest BCUT2D eigenvalue weighted by molar-refractivity contribution is 5.97. The van der Waals surface area contributed by atoms with E-state index in [9.17, 15) is 4.79 Å². The van der Waals surface area contributed by atoms with Crippen molar-refractivity contribution in [3.63, 3.8) is 0 Å². The molecule has 1 unspecified atom stereocenters. The molecular weight excluding hydrogens is 334 g/mol. The van der Waals surface area contributed by atoms with Crippen LogP contribution < -0.4 is 4.90 Å². The predicted octanol–water partition coefficient (Wildman–Crippen LogP) is 5.06. The van der Waals surface area contributed by atoms with E-state index in [4.69, 9.17) is 4.98 Å². The summed E-state index contributed by atoms with van der Waals surface area (Å²) in [7, 11) is 0. The van der Waals surface area contributed by atoms with Gasteiger partial charge in [0.2, 0.25) is 5.91 Å². The topological polar surface area (TPSA) is 38.1 Å². The summed E-state index contributed by atoms with van der Waals surface area (Å²) in [5, 5.41) is 0. The molecule has 4 rings (SSSR count). The minimum atomic E-state index is 0.145. The zero-order valence-corrected chi connectivity index (χ0v) is 16.2. The molecule has 4 heteroatoms. The molecule has 0 saturated carbocycles. The summed E-state index contributed by atoms with van der Waals surface area (Å²) in [4.78, 5) is 19.7. The van der Waals surface area contributed by atoms with Gasteiger partial charge < -0.3 is 9.47 Å². The fourth-order valence-electron chi connectivity index (χ4n) is 4.14. The Bertz CT molecular complexity index is 959. The molecule has 0 bridgehead atoms. The average molecular weight is 361 g/mol. The first-order valence-corrected chi connectivity index (χ1v) is 10.00. The number of carbonyl (C=O) groups is 1. The fraction of sp³-hybridized carbons (Fsp3) is 0.391. The summed E-state index contributed by atoms with van der Waals surface area (Å²) >= 11 is 0. The van der Waals surface area contributed by atoms with Crippen molar-refractivity contribution in [2.75, 3.05) is 11.4 Å². The standard InChI is InChI=1S/C23H27N3O/c1-3-4-9-14-25-21-13-8-6-11-19(21)24-23(25)18-15-22(27)26(16-18)20-12-7-5-10-17(20)2/h5-8,10-13,18H,3-4,9,14-16H2,1-2H3. The average Bonchev–Trinajstić information content (AvgIpc) is 3.23. The zero-order chi connectivity index (χ0) is 18.8. The van der Waals surface area contributed by atoms with Gasteiger partial charge in [-0.2, -0.15) is 0 Å². The Morgan fingerprint density at radius 1 is 1.07 bits per heavy atom. The number of aromatic nitrogens is 2. The number of hydrogen-bond donors (Lipinski definition) is 0. The Balaban J connectivity index is 1.67. The maximum absolute atomic E-state index is 12.8. The van der Waals surface area contributed by atoms with Gasteiger partial charge in [-0.05, 0) is 37.1 Å². The second-order valence-corrected chi connectivity index (χ2v) is 7.51. The second kappa shape index (κ2) is 7.55. The monoisotopic (exact) mass is 361 g/mol. The lowest BCUT2D eigenvalue weighted by Gasteiger charge is -2.19. The first-order valence-electron chi connectivity index (χ1n) is 10.00. The number of nitrogens with zero attached hydrogens (tertiary/aromatic N) is 3. The zero-order valence-electron chi connectivity index (χ0n) is 16.2.